The molecule has 0 unspecified atom stereocenters. The van der Waals surface area contributed by atoms with Crippen LogP contribution in [0.4, 0.5) is 0 Å². The van der Waals surface area contributed by atoms with E-state index in [9.17, 15) is 4.79 Å². The third-order valence-electron chi connectivity index (χ3n) is 5.23. The molecule has 2 aliphatic heterocycles. The van der Waals surface area contributed by atoms with Crippen molar-refractivity contribution in [3.05, 3.63) is 23.8 Å². The molecule has 3 rings (SSSR count). The highest BCUT2D eigenvalue weighted by atomic mass is 32.7. The van der Waals surface area contributed by atoms with Crippen molar-refractivity contribution in [2.24, 2.45) is 0 Å². The fraction of sp³-hybridized carbons (Fsp3) is 0.588. The SMILES string of the molecule is COc1cccc(OC)c1C(=O)[P]1(S)C2CCCC1CCC2. The van der Waals surface area contributed by atoms with Gasteiger partial charge in [-0.05, 0) is 55.6 Å². The number of fused-ring (bicyclic) bond motifs is 2. The number of hydrogen-bond donors (Lipinski definition) is 1. The summed E-state index contributed by atoms with van der Waals surface area (Å²) in [6.07, 6.45) is 7.09. The minimum absolute atomic E-state index is 0.194. The van der Waals surface area contributed by atoms with E-state index in [2.05, 4.69) is 0 Å². The fourth-order valence-electron chi connectivity index (χ4n) is 4.13. The number of thiol groups is 1. The normalized spacial score (nSPS) is 30.7. The Labute approximate surface area is 138 Å². The molecule has 0 amide bonds. The van der Waals surface area contributed by atoms with E-state index in [1.54, 1.807) is 14.2 Å². The average molecular weight is 339 g/mol. The van der Waals surface area contributed by atoms with Crippen LogP contribution in [0.1, 0.15) is 48.9 Å². The van der Waals surface area contributed by atoms with Crippen molar-refractivity contribution in [1.29, 1.82) is 0 Å². The van der Waals surface area contributed by atoms with Gasteiger partial charge in [0.25, 0.3) is 0 Å². The summed E-state index contributed by atoms with van der Waals surface area (Å²) >= 11 is 5.10. The predicted molar refractivity (Wildman–Crippen MR) is 95.1 cm³/mol. The molecule has 1 radical (unpaired) electrons. The molecule has 0 saturated carbocycles. The van der Waals surface area contributed by atoms with Crippen molar-refractivity contribution in [3.63, 3.8) is 0 Å². The van der Waals surface area contributed by atoms with Gasteiger partial charge in [-0.1, -0.05) is 18.9 Å². The molecule has 121 valence electrons. The lowest BCUT2D eigenvalue weighted by molar-refractivity contribution is 0.107. The van der Waals surface area contributed by atoms with Gasteiger partial charge in [-0.15, -0.1) is 12.2 Å². The minimum Gasteiger partial charge on any atom is -0.496 e. The highest BCUT2D eigenvalue weighted by Crippen LogP contribution is 2.80. The maximum atomic E-state index is 13.5. The van der Waals surface area contributed by atoms with Crippen LogP contribution in [-0.2, 0) is 0 Å². The number of ether oxygens (including phenoxy) is 2. The smallest absolute Gasteiger partial charge is 0.197 e. The Kier molecular flexibility index (Phi) is 4.70. The first-order valence-corrected chi connectivity index (χ1v) is 11.1. The van der Waals surface area contributed by atoms with E-state index in [0.717, 1.165) is 25.7 Å². The van der Waals surface area contributed by atoms with Crippen molar-refractivity contribution in [1.82, 2.24) is 0 Å². The topological polar surface area (TPSA) is 35.5 Å². The largest absolute Gasteiger partial charge is 0.496 e. The van der Waals surface area contributed by atoms with Crippen LogP contribution in [0.15, 0.2) is 18.2 Å². The van der Waals surface area contributed by atoms with E-state index in [1.807, 2.05) is 18.2 Å². The number of carbonyl (C=O) groups is 1. The summed E-state index contributed by atoms with van der Waals surface area (Å²) in [4.78, 5) is 13.5. The van der Waals surface area contributed by atoms with Crippen LogP contribution >= 0.6 is 18.7 Å². The van der Waals surface area contributed by atoms with Gasteiger partial charge in [-0.2, -0.15) is 0 Å². The third-order valence-corrected chi connectivity index (χ3v) is 11.9. The van der Waals surface area contributed by atoms with Gasteiger partial charge in [-0.3, -0.25) is 4.79 Å². The Bertz CT molecular complexity index is 531. The van der Waals surface area contributed by atoms with Crippen molar-refractivity contribution in [3.8, 4) is 11.5 Å². The summed E-state index contributed by atoms with van der Waals surface area (Å²) in [5.41, 5.74) is 1.75. The van der Waals surface area contributed by atoms with Crippen LogP contribution in [0.2, 0.25) is 0 Å². The molecule has 2 aliphatic rings. The zero-order chi connectivity index (χ0) is 15.7. The van der Waals surface area contributed by atoms with Crippen LogP contribution in [0.25, 0.3) is 0 Å². The van der Waals surface area contributed by atoms with Gasteiger partial charge in [0.1, 0.15) is 17.1 Å². The second-order valence-electron chi connectivity index (χ2n) is 6.25. The highest BCUT2D eigenvalue weighted by molar-refractivity contribution is 8.59. The molecule has 22 heavy (non-hydrogen) atoms. The van der Waals surface area contributed by atoms with Gasteiger partial charge in [0.05, 0.1) is 14.2 Å². The first-order chi connectivity index (χ1) is 10.6. The first-order valence-electron chi connectivity index (χ1n) is 8.00. The Morgan fingerprint density at radius 3 is 1.91 bits per heavy atom. The summed E-state index contributed by atoms with van der Waals surface area (Å²) in [7, 11) is 3.22. The molecule has 1 aromatic rings. The summed E-state index contributed by atoms with van der Waals surface area (Å²) in [5, 5.41) is 0. The third kappa shape index (κ3) is 2.45. The molecule has 5 heteroatoms. The Hall–Kier alpha value is -0.730. The van der Waals surface area contributed by atoms with Crippen LogP contribution in [0, 0.1) is 0 Å². The Morgan fingerprint density at radius 2 is 1.50 bits per heavy atom. The summed E-state index contributed by atoms with van der Waals surface area (Å²) in [6, 6.07) is 5.55. The summed E-state index contributed by atoms with van der Waals surface area (Å²) < 4.78 is 10.9. The fourth-order valence-corrected chi connectivity index (χ4v) is 9.95. The van der Waals surface area contributed by atoms with Crippen LogP contribution in [0.3, 0.4) is 0 Å². The van der Waals surface area contributed by atoms with Gasteiger partial charge >= 0.3 is 0 Å². The monoisotopic (exact) mass is 339 g/mol. The molecule has 0 spiro atoms. The lowest BCUT2D eigenvalue weighted by atomic mass is 9.99. The molecule has 2 saturated heterocycles. The molecule has 3 nitrogen and oxygen atoms in total. The van der Waals surface area contributed by atoms with Gasteiger partial charge in [0.2, 0.25) is 0 Å². The standard InChI is InChI=1S/C17H24O3PS/c1-19-14-10-5-11-15(20-2)16(14)17(18)21(22)12-6-3-7-13(21)9-4-8-12/h5,10-13,22H,3-4,6-9H2,1-2H3. The van der Waals surface area contributed by atoms with Crippen molar-refractivity contribution < 1.29 is 14.3 Å². The van der Waals surface area contributed by atoms with E-state index in [4.69, 9.17) is 21.7 Å². The maximum Gasteiger partial charge on any atom is 0.197 e. The van der Waals surface area contributed by atoms with Crippen LogP contribution < -0.4 is 9.47 Å². The number of benzene rings is 1. The number of hydrogen-bond acceptors (Lipinski definition) is 4. The van der Waals surface area contributed by atoms with E-state index in [0.29, 0.717) is 28.4 Å². The Balaban J connectivity index is 2.07. The minimum atomic E-state index is -1.98. The maximum absolute atomic E-state index is 13.5. The van der Waals surface area contributed by atoms with E-state index >= 15 is 0 Å². The van der Waals surface area contributed by atoms with Crippen molar-refractivity contribution in [2.75, 3.05) is 14.2 Å². The zero-order valence-corrected chi connectivity index (χ0v) is 15.0. The molecule has 2 fully saturated rings. The predicted octanol–water partition coefficient (Wildman–Crippen LogP) is 4.81. The molecule has 0 aliphatic carbocycles. The summed E-state index contributed by atoms with van der Waals surface area (Å²) in [6.45, 7) is -1.98. The van der Waals surface area contributed by atoms with Crippen molar-refractivity contribution in [2.45, 2.75) is 49.8 Å². The van der Waals surface area contributed by atoms with Crippen LogP contribution in [0.5, 0.6) is 11.5 Å². The van der Waals surface area contributed by atoms with E-state index in [-0.39, 0.29) is 5.52 Å². The second-order valence-corrected chi connectivity index (χ2v) is 11.6. The molecule has 0 aromatic heterocycles. The lowest BCUT2D eigenvalue weighted by Gasteiger charge is -2.50. The Morgan fingerprint density at radius 1 is 1.05 bits per heavy atom. The first kappa shape index (κ1) is 16.1. The zero-order valence-electron chi connectivity index (χ0n) is 13.2. The van der Waals surface area contributed by atoms with Gasteiger partial charge in [0.15, 0.2) is 5.52 Å². The highest BCUT2D eigenvalue weighted by Gasteiger charge is 2.51. The number of rotatable bonds is 4. The quantitative estimate of drug-likeness (QED) is 0.631. The summed E-state index contributed by atoms with van der Waals surface area (Å²) in [5.74, 6) is 1.22. The van der Waals surface area contributed by atoms with Gasteiger partial charge in [0, 0.05) is 0 Å². The number of carbonyl (C=O) groups excluding carboxylic acids is 1. The molecule has 2 bridgehead atoms. The van der Waals surface area contributed by atoms with Gasteiger partial charge in [-0.25, -0.2) is 0 Å². The van der Waals surface area contributed by atoms with E-state index < -0.39 is 6.46 Å². The average Bonchev–Trinajstić information content (AvgIpc) is 2.52. The molecule has 0 atom stereocenters. The number of methoxy groups -OCH3 is 2. The lowest BCUT2D eigenvalue weighted by Crippen LogP contribution is -2.34. The van der Waals surface area contributed by atoms with Gasteiger partial charge < -0.3 is 9.47 Å². The van der Waals surface area contributed by atoms with Crippen LogP contribution in [-0.4, -0.2) is 31.1 Å². The molecule has 2 heterocycles. The molecule has 0 N–H and O–H groups in total. The van der Waals surface area contributed by atoms with E-state index in [1.165, 1.54) is 12.8 Å². The second kappa shape index (κ2) is 6.41. The molecular weight excluding hydrogens is 315 g/mol. The van der Waals surface area contributed by atoms with Crippen molar-refractivity contribution >= 4 is 24.2 Å². The molecule has 1 aromatic carbocycles. The molecular formula is C17H24O3PS.